The van der Waals surface area contributed by atoms with Crippen LogP contribution in [0, 0.1) is 12.8 Å². The smallest absolute Gasteiger partial charge is 0.255 e. The predicted molar refractivity (Wildman–Crippen MR) is 133 cm³/mol. The lowest BCUT2D eigenvalue weighted by Crippen LogP contribution is -2.43. The quantitative estimate of drug-likeness (QED) is 0.403. The number of benzene rings is 1. The average Bonchev–Trinajstić information content (AvgIpc) is 3.56. The molecule has 0 bridgehead atoms. The highest BCUT2D eigenvalue weighted by molar-refractivity contribution is 6.09. The maximum absolute atomic E-state index is 13.3. The predicted octanol–water partition coefficient (Wildman–Crippen LogP) is 2.74. The van der Waals surface area contributed by atoms with Gasteiger partial charge in [0.2, 0.25) is 12.8 Å². The van der Waals surface area contributed by atoms with Gasteiger partial charge in [0.05, 0.1) is 29.8 Å². The van der Waals surface area contributed by atoms with Crippen LogP contribution in [-0.2, 0) is 4.79 Å². The molecule has 2 atom stereocenters. The molecule has 1 aromatic carbocycles. The number of ether oxygens (including phenoxy) is 2. The Morgan fingerprint density at radius 2 is 2.05 bits per heavy atom. The number of aliphatic hydroxyl groups is 1. The molecule has 1 aliphatic carbocycles. The Balaban J connectivity index is 1.47. The summed E-state index contributed by atoms with van der Waals surface area (Å²) >= 11 is 0. The molecule has 1 aliphatic heterocycles. The van der Waals surface area contributed by atoms with Crippen LogP contribution in [0.25, 0.3) is 22.3 Å². The third-order valence-corrected chi connectivity index (χ3v) is 6.86. The largest absolute Gasteiger partial charge is 0.493 e. The van der Waals surface area contributed by atoms with Crippen LogP contribution in [0.1, 0.15) is 42.2 Å². The van der Waals surface area contributed by atoms with Gasteiger partial charge in [-0.15, -0.1) is 0 Å². The zero-order chi connectivity index (χ0) is 26.1. The Labute approximate surface area is 213 Å². The number of H-pyrrole nitrogens is 1. The number of halogens is 1. The van der Waals surface area contributed by atoms with Crippen molar-refractivity contribution in [3.63, 3.8) is 0 Å². The fourth-order valence-electron chi connectivity index (χ4n) is 4.66. The second kappa shape index (κ2) is 10.3. The number of likely N-dealkylation sites (tertiary alicyclic amines) is 1. The van der Waals surface area contributed by atoms with Gasteiger partial charge in [-0.1, -0.05) is 6.92 Å². The fraction of sp³-hybridized carbons (Fsp3) is 0.462. The number of aliphatic hydroxyl groups excluding tert-OH is 1. The number of aromatic amines is 1. The first kappa shape index (κ1) is 24.9. The number of β-amino-alcohol motifs (C(OH)–C–C–N with tert-alkyl or cyclic N) is 1. The number of nitrogens with one attached hydrogen (secondary N) is 2. The molecular weight excluding hydrogens is 481 g/mol. The Hall–Kier alpha value is -3.73. The van der Waals surface area contributed by atoms with Gasteiger partial charge in [-0.3, -0.25) is 9.59 Å². The Kier molecular flexibility index (Phi) is 6.96. The highest BCUT2D eigenvalue weighted by atomic mass is 19.1. The van der Waals surface area contributed by atoms with Gasteiger partial charge in [-0.2, -0.15) is 0 Å². The Morgan fingerprint density at radius 3 is 2.78 bits per heavy atom. The summed E-state index contributed by atoms with van der Waals surface area (Å²) in [6, 6.07) is 4.44. The number of amides is 2. The third-order valence-electron chi connectivity index (χ3n) is 6.86. The fourth-order valence-corrected chi connectivity index (χ4v) is 4.66. The summed E-state index contributed by atoms with van der Waals surface area (Å²) in [7, 11) is 0. The van der Waals surface area contributed by atoms with E-state index in [1.54, 1.807) is 36.9 Å². The maximum atomic E-state index is 13.3. The molecule has 2 amide bonds. The van der Waals surface area contributed by atoms with Crippen molar-refractivity contribution in [1.82, 2.24) is 25.2 Å². The maximum Gasteiger partial charge on any atom is 0.255 e. The van der Waals surface area contributed by atoms with Gasteiger partial charge in [-0.25, -0.2) is 14.4 Å². The molecule has 2 aliphatic rings. The molecule has 0 unspecified atom stereocenters. The van der Waals surface area contributed by atoms with Crippen LogP contribution >= 0.6 is 0 Å². The number of carbonyl (C=O) groups is 2. The molecule has 10 nitrogen and oxygen atoms in total. The Bertz CT molecular complexity index is 1320. The van der Waals surface area contributed by atoms with Gasteiger partial charge in [0.15, 0.2) is 0 Å². The summed E-state index contributed by atoms with van der Waals surface area (Å²) < 4.78 is 24.0. The first-order chi connectivity index (χ1) is 17.9. The molecule has 5 rings (SSSR count). The lowest BCUT2D eigenvalue weighted by atomic mass is 10.1. The van der Waals surface area contributed by atoms with Gasteiger partial charge in [0, 0.05) is 30.8 Å². The van der Waals surface area contributed by atoms with Crippen LogP contribution in [0.15, 0.2) is 24.5 Å². The first-order valence-electron chi connectivity index (χ1n) is 12.5. The van der Waals surface area contributed by atoms with E-state index in [0.29, 0.717) is 64.0 Å². The molecule has 0 radical (unpaired) electrons. The zero-order valence-electron chi connectivity index (χ0n) is 20.8. The minimum atomic E-state index is -0.971. The molecule has 37 heavy (non-hydrogen) atoms. The van der Waals surface area contributed by atoms with Gasteiger partial charge < -0.3 is 29.8 Å². The summed E-state index contributed by atoms with van der Waals surface area (Å²) in [5.41, 5.74) is 2.89. The van der Waals surface area contributed by atoms with Gasteiger partial charge in [0.25, 0.3) is 5.91 Å². The molecule has 3 aromatic rings. The number of hydrogen-bond donors (Lipinski definition) is 3. The molecular formula is C26H30FN5O5. The van der Waals surface area contributed by atoms with Crippen molar-refractivity contribution in [2.45, 2.75) is 45.3 Å². The van der Waals surface area contributed by atoms with E-state index in [9.17, 15) is 19.1 Å². The number of carbonyl (C=O) groups excluding carboxylic acids is 2. The number of aryl methyl sites for hydroxylation is 1. The molecule has 2 aromatic heterocycles. The highest BCUT2D eigenvalue weighted by Crippen LogP contribution is 2.38. The van der Waals surface area contributed by atoms with E-state index in [1.807, 2.05) is 0 Å². The second-order valence-corrected chi connectivity index (χ2v) is 9.54. The van der Waals surface area contributed by atoms with E-state index in [4.69, 9.17) is 9.47 Å². The van der Waals surface area contributed by atoms with Crippen LogP contribution in [0.2, 0.25) is 0 Å². The summed E-state index contributed by atoms with van der Waals surface area (Å²) in [6.45, 7) is 3.53. The number of nitrogens with zero attached hydrogens (tertiary/aromatic N) is 3. The van der Waals surface area contributed by atoms with Crippen molar-refractivity contribution >= 4 is 22.8 Å². The van der Waals surface area contributed by atoms with Crippen molar-refractivity contribution in [3.8, 4) is 22.8 Å². The van der Waals surface area contributed by atoms with Crippen LogP contribution in [0.3, 0.4) is 0 Å². The normalized spacial score (nSPS) is 19.3. The molecule has 1 saturated carbocycles. The standard InChI is InChI=1S/C26H30FN5O5/c1-3-21(34)32-9-18(19(33)10-32)31-26(35)22-14(2)30-25-23(28-13-29-24(22)25)17-8-16(37-12-27)6-7-20(17)36-11-15-4-5-15/h6-8,13,15,18-19,30,33H,3-5,9-12H2,1-2H3,(H,31,35)/t18-,19-/m1/s1. The van der Waals surface area contributed by atoms with Crippen LogP contribution < -0.4 is 14.8 Å². The zero-order valence-corrected chi connectivity index (χ0v) is 20.8. The first-order valence-corrected chi connectivity index (χ1v) is 12.5. The number of fused-ring (bicyclic) bond motifs is 1. The molecule has 196 valence electrons. The minimum absolute atomic E-state index is 0.0739. The van der Waals surface area contributed by atoms with E-state index in [0.717, 1.165) is 12.8 Å². The van der Waals surface area contributed by atoms with E-state index >= 15 is 0 Å². The van der Waals surface area contributed by atoms with E-state index < -0.39 is 24.9 Å². The molecule has 2 fully saturated rings. The van der Waals surface area contributed by atoms with Crippen LogP contribution in [0.5, 0.6) is 11.5 Å². The minimum Gasteiger partial charge on any atom is -0.493 e. The number of alkyl halides is 1. The van der Waals surface area contributed by atoms with E-state index in [2.05, 4.69) is 20.3 Å². The number of rotatable bonds is 9. The van der Waals surface area contributed by atoms with Gasteiger partial charge in [-0.05, 0) is 43.9 Å². The van der Waals surface area contributed by atoms with E-state index in [1.165, 1.54) is 6.33 Å². The molecule has 3 heterocycles. The lowest BCUT2D eigenvalue weighted by molar-refractivity contribution is -0.130. The van der Waals surface area contributed by atoms with Crippen LogP contribution in [-0.4, -0.2) is 75.5 Å². The van der Waals surface area contributed by atoms with Crippen molar-refractivity contribution < 1.29 is 28.6 Å². The van der Waals surface area contributed by atoms with Crippen molar-refractivity contribution in [2.75, 3.05) is 26.6 Å². The summed E-state index contributed by atoms with van der Waals surface area (Å²) in [5.74, 6) is 0.937. The van der Waals surface area contributed by atoms with Gasteiger partial charge in [0.1, 0.15) is 29.0 Å². The van der Waals surface area contributed by atoms with Gasteiger partial charge >= 0.3 is 0 Å². The SMILES string of the molecule is CCC(=O)N1C[C@@H](O)[C@H](NC(=O)c2c(C)[nH]c3c(-c4cc(OCF)ccc4OCC4CC4)ncnc23)C1. The lowest BCUT2D eigenvalue weighted by Gasteiger charge is -2.16. The summed E-state index contributed by atoms with van der Waals surface area (Å²) in [5, 5.41) is 13.3. The van der Waals surface area contributed by atoms with Crippen LogP contribution in [0.4, 0.5) is 4.39 Å². The Morgan fingerprint density at radius 1 is 1.24 bits per heavy atom. The number of hydrogen-bond acceptors (Lipinski definition) is 7. The molecule has 11 heteroatoms. The van der Waals surface area contributed by atoms with Crippen molar-refractivity contribution in [1.29, 1.82) is 0 Å². The van der Waals surface area contributed by atoms with E-state index in [-0.39, 0.29) is 19.0 Å². The summed E-state index contributed by atoms with van der Waals surface area (Å²) in [6.07, 6.45) is 3.09. The van der Waals surface area contributed by atoms with Crippen molar-refractivity contribution in [3.05, 3.63) is 35.8 Å². The molecule has 0 spiro atoms. The third kappa shape index (κ3) is 5.08. The molecule has 3 N–H and O–H groups in total. The number of aromatic nitrogens is 3. The molecule has 1 saturated heterocycles. The van der Waals surface area contributed by atoms with Crippen molar-refractivity contribution in [2.24, 2.45) is 5.92 Å². The highest BCUT2D eigenvalue weighted by Gasteiger charge is 2.35. The summed E-state index contributed by atoms with van der Waals surface area (Å²) in [4.78, 5) is 39.0. The average molecular weight is 512 g/mol. The monoisotopic (exact) mass is 511 g/mol. The topological polar surface area (TPSA) is 130 Å². The second-order valence-electron chi connectivity index (χ2n) is 9.54.